The van der Waals surface area contributed by atoms with E-state index in [4.69, 9.17) is 0 Å². The highest BCUT2D eigenvalue weighted by Gasteiger charge is 2.21. The number of anilines is 1. The van der Waals surface area contributed by atoms with Gasteiger partial charge in [0.05, 0.1) is 10.6 Å². The summed E-state index contributed by atoms with van der Waals surface area (Å²) < 4.78 is 0. The van der Waals surface area contributed by atoms with Gasteiger partial charge in [0.15, 0.2) is 5.78 Å². The molecule has 3 nitrogen and oxygen atoms in total. The van der Waals surface area contributed by atoms with Gasteiger partial charge in [0.1, 0.15) is 0 Å². The van der Waals surface area contributed by atoms with Gasteiger partial charge in [-0.05, 0) is 36.8 Å². The Morgan fingerprint density at radius 3 is 2.39 bits per heavy atom. The minimum Gasteiger partial charge on any atom is -0.352 e. The highest BCUT2D eigenvalue weighted by molar-refractivity contribution is 8.04. The maximum Gasteiger partial charge on any atom is 0.203 e. The average molecular weight is 321 g/mol. The van der Waals surface area contributed by atoms with Gasteiger partial charge in [-0.1, -0.05) is 42.1 Å². The molecule has 0 atom stereocenters. The van der Waals surface area contributed by atoms with Crippen molar-refractivity contribution in [2.75, 3.05) is 5.32 Å². The Morgan fingerprint density at radius 1 is 0.870 bits per heavy atom. The Hall–Kier alpha value is -2.59. The first-order valence-corrected chi connectivity index (χ1v) is 8.02. The van der Waals surface area contributed by atoms with Gasteiger partial charge in [-0.3, -0.25) is 9.59 Å². The molecule has 3 rings (SSSR count). The van der Waals surface area contributed by atoms with E-state index in [1.165, 1.54) is 23.9 Å². The van der Waals surface area contributed by atoms with Gasteiger partial charge >= 0.3 is 0 Å². The molecular weight excluding hydrogens is 306 g/mol. The van der Waals surface area contributed by atoms with Crippen LogP contribution in [0.15, 0.2) is 82.2 Å². The van der Waals surface area contributed by atoms with E-state index in [9.17, 15) is 9.59 Å². The fourth-order valence-corrected chi connectivity index (χ4v) is 3.09. The van der Waals surface area contributed by atoms with Crippen LogP contribution in [0.25, 0.3) is 0 Å². The zero-order valence-electron chi connectivity index (χ0n) is 12.6. The Kier molecular flexibility index (Phi) is 4.44. The molecule has 0 aliphatic heterocycles. The van der Waals surface area contributed by atoms with E-state index >= 15 is 0 Å². The number of allylic oxidation sites excluding steroid dienone is 3. The molecule has 2 aromatic carbocycles. The maximum absolute atomic E-state index is 12.3. The number of carbonyl (C=O) groups excluding carboxylic acids is 2. The summed E-state index contributed by atoms with van der Waals surface area (Å²) in [5.74, 6) is -0.349. The van der Waals surface area contributed by atoms with E-state index in [1.54, 1.807) is 0 Å². The topological polar surface area (TPSA) is 46.2 Å². The van der Waals surface area contributed by atoms with E-state index in [-0.39, 0.29) is 11.6 Å². The molecule has 0 bridgehead atoms. The lowest BCUT2D eigenvalue weighted by atomic mass is 10.1. The van der Waals surface area contributed by atoms with Crippen LogP contribution >= 0.6 is 11.8 Å². The van der Waals surface area contributed by atoms with Crippen molar-refractivity contribution < 1.29 is 9.59 Å². The number of thioether (sulfide) groups is 1. The normalized spacial score (nSPS) is 14.3. The number of rotatable bonds is 4. The van der Waals surface area contributed by atoms with Gasteiger partial charge in [-0.2, -0.15) is 0 Å². The predicted octanol–water partition coefficient (Wildman–Crippen LogP) is 4.12. The standard InChI is InChI=1S/C19H15NO2S/c1-13-6-5-7-14(10-13)20-16-11-18(22)19(12-17(16)21)23-15-8-3-2-4-9-15/h2-12,20H,1H3. The lowest BCUT2D eigenvalue weighted by Gasteiger charge is -2.14. The summed E-state index contributed by atoms with van der Waals surface area (Å²) in [6, 6.07) is 17.2. The van der Waals surface area contributed by atoms with Gasteiger partial charge in [0, 0.05) is 22.7 Å². The molecule has 0 aromatic heterocycles. The van der Waals surface area contributed by atoms with Gasteiger partial charge < -0.3 is 5.32 Å². The minimum atomic E-state index is -0.190. The van der Waals surface area contributed by atoms with E-state index in [2.05, 4.69) is 5.32 Å². The molecule has 4 heteroatoms. The van der Waals surface area contributed by atoms with Crippen molar-refractivity contribution in [1.82, 2.24) is 0 Å². The molecule has 1 N–H and O–H groups in total. The number of benzene rings is 2. The SMILES string of the molecule is Cc1cccc(NC2=CC(=O)C(Sc3ccccc3)=CC2=O)c1. The first kappa shape index (κ1) is 15.3. The average Bonchev–Trinajstić information content (AvgIpc) is 2.53. The number of ketones is 2. The van der Waals surface area contributed by atoms with Crippen LogP contribution in [0.3, 0.4) is 0 Å². The molecule has 0 radical (unpaired) electrons. The van der Waals surface area contributed by atoms with E-state index < -0.39 is 0 Å². The van der Waals surface area contributed by atoms with E-state index in [0.29, 0.717) is 10.6 Å². The first-order valence-electron chi connectivity index (χ1n) is 7.20. The van der Waals surface area contributed by atoms with E-state index in [0.717, 1.165) is 16.1 Å². The van der Waals surface area contributed by atoms with Gasteiger partial charge in [0.2, 0.25) is 5.78 Å². The van der Waals surface area contributed by atoms with Crippen molar-refractivity contribution in [1.29, 1.82) is 0 Å². The fourth-order valence-electron chi connectivity index (χ4n) is 2.21. The van der Waals surface area contributed by atoms with Crippen LogP contribution in [-0.2, 0) is 9.59 Å². The Balaban J connectivity index is 1.76. The van der Waals surface area contributed by atoms with Gasteiger partial charge in [-0.15, -0.1) is 0 Å². The summed E-state index contributed by atoms with van der Waals surface area (Å²) in [6.45, 7) is 1.97. The quantitative estimate of drug-likeness (QED) is 0.861. The Morgan fingerprint density at radius 2 is 1.65 bits per heavy atom. The van der Waals surface area contributed by atoms with Crippen LogP contribution in [0.4, 0.5) is 5.69 Å². The van der Waals surface area contributed by atoms with Crippen molar-refractivity contribution in [2.24, 2.45) is 0 Å². The van der Waals surface area contributed by atoms with Crippen LogP contribution < -0.4 is 5.32 Å². The number of hydrogen-bond acceptors (Lipinski definition) is 4. The third-order valence-electron chi connectivity index (χ3n) is 3.31. The number of carbonyl (C=O) groups is 2. The van der Waals surface area contributed by atoms with Crippen molar-refractivity contribution >= 4 is 29.0 Å². The van der Waals surface area contributed by atoms with Crippen molar-refractivity contribution in [3.05, 3.63) is 82.9 Å². The summed E-state index contributed by atoms with van der Waals surface area (Å²) >= 11 is 1.31. The zero-order chi connectivity index (χ0) is 16.2. The summed E-state index contributed by atoms with van der Waals surface area (Å²) in [7, 11) is 0. The minimum absolute atomic E-state index is 0.159. The largest absolute Gasteiger partial charge is 0.352 e. The Bertz CT molecular complexity index is 822. The molecule has 0 saturated heterocycles. The molecule has 114 valence electrons. The van der Waals surface area contributed by atoms with Crippen molar-refractivity contribution in [2.45, 2.75) is 11.8 Å². The smallest absolute Gasteiger partial charge is 0.203 e. The molecule has 1 aliphatic rings. The second-order valence-electron chi connectivity index (χ2n) is 5.20. The summed E-state index contributed by atoms with van der Waals surface area (Å²) in [5, 5.41) is 3.02. The molecule has 1 aliphatic carbocycles. The van der Waals surface area contributed by atoms with Crippen LogP contribution in [0, 0.1) is 6.92 Å². The summed E-state index contributed by atoms with van der Waals surface area (Å²) in [5.41, 5.74) is 2.18. The van der Waals surface area contributed by atoms with Crippen LogP contribution in [0.5, 0.6) is 0 Å². The molecule has 0 saturated carbocycles. The fraction of sp³-hybridized carbons (Fsp3) is 0.0526. The molecule has 0 unspecified atom stereocenters. The van der Waals surface area contributed by atoms with Crippen molar-refractivity contribution in [3.8, 4) is 0 Å². The summed E-state index contributed by atoms with van der Waals surface area (Å²) in [6.07, 6.45) is 2.77. The van der Waals surface area contributed by atoms with Crippen LogP contribution in [0.2, 0.25) is 0 Å². The molecule has 0 amide bonds. The second kappa shape index (κ2) is 6.67. The molecule has 23 heavy (non-hydrogen) atoms. The number of aryl methyl sites for hydroxylation is 1. The molecule has 2 aromatic rings. The lowest BCUT2D eigenvalue weighted by molar-refractivity contribution is -0.114. The molecule has 0 fully saturated rings. The number of nitrogens with one attached hydrogen (secondary N) is 1. The lowest BCUT2D eigenvalue weighted by Crippen LogP contribution is -2.17. The maximum atomic E-state index is 12.3. The molecular formula is C19H15NO2S. The van der Waals surface area contributed by atoms with Crippen LogP contribution in [0.1, 0.15) is 5.56 Å². The highest BCUT2D eigenvalue weighted by Crippen LogP contribution is 2.30. The summed E-state index contributed by atoms with van der Waals surface area (Å²) in [4.78, 5) is 25.9. The Labute approximate surface area is 139 Å². The predicted molar refractivity (Wildman–Crippen MR) is 93.3 cm³/mol. The van der Waals surface area contributed by atoms with Crippen LogP contribution in [-0.4, -0.2) is 11.6 Å². The van der Waals surface area contributed by atoms with Crippen molar-refractivity contribution in [3.63, 3.8) is 0 Å². The first-order chi connectivity index (χ1) is 11.1. The number of hydrogen-bond donors (Lipinski definition) is 1. The van der Waals surface area contributed by atoms with Gasteiger partial charge in [-0.25, -0.2) is 0 Å². The van der Waals surface area contributed by atoms with E-state index in [1.807, 2.05) is 61.5 Å². The third-order valence-corrected chi connectivity index (χ3v) is 4.36. The van der Waals surface area contributed by atoms with Gasteiger partial charge in [0.25, 0.3) is 0 Å². The molecule has 0 spiro atoms. The highest BCUT2D eigenvalue weighted by atomic mass is 32.2. The monoisotopic (exact) mass is 321 g/mol. The zero-order valence-corrected chi connectivity index (χ0v) is 13.4. The molecule has 0 heterocycles. The second-order valence-corrected chi connectivity index (χ2v) is 6.32. The third kappa shape index (κ3) is 3.79.